The maximum absolute atomic E-state index is 5.51. The van der Waals surface area contributed by atoms with Gasteiger partial charge in [0.25, 0.3) is 0 Å². The number of unbranched alkanes of at least 4 members (excludes halogenated alkanes) is 1. The SMILES string of the molecule is CC(C)CCCCC(C)(C)C.CC(C)CCOCC(C)(C)C.CC(C)CCSCC(C)C.CC(C)COCCC(C)(C)C.CC(C)CSCCC(C)(C)C.CC(C)OCCCC(C)(C)C.CC(C)SCCCC(C)(C)C. The zero-order valence-electron chi connectivity index (χ0n) is 59.6. The Kier molecular flexibility index (Phi) is 64.3. The summed E-state index contributed by atoms with van der Waals surface area (Å²) in [5.74, 6) is 11.5. The molecule has 0 aromatic rings. The van der Waals surface area contributed by atoms with Crippen molar-refractivity contribution in [3.63, 3.8) is 0 Å². The minimum atomic E-state index is 0.316. The molecule has 470 valence electrons. The van der Waals surface area contributed by atoms with E-state index in [1.54, 1.807) is 0 Å². The first-order chi connectivity index (χ1) is 34.1. The van der Waals surface area contributed by atoms with Gasteiger partial charge in [0.1, 0.15) is 0 Å². The molecule has 0 fully saturated rings. The molecule has 0 saturated carbocycles. The van der Waals surface area contributed by atoms with Crippen molar-refractivity contribution in [1.82, 2.24) is 0 Å². The van der Waals surface area contributed by atoms with E-state index >= 15 is 0 Å². The zero-order valence-corrected chi connectivity index (χ0v) is 62.1. The predicted molar refractivity (Wildman–Crippen MR) is 366 cm³/mol. The maximum atomic E-state index is 5.51. The van der Waals surface area contributed by atoms with Gasteiger partial charge < -0.3 is 14.2 Å². The first-order valence-electron chi connectivity index (χ1n) is 31.7. The summed E-state index contributed by atoms with van der Waals surface area (Å²) >= 11 is 6.25. The standard InChI is InChI=1S/C11H24.3C10H22O.2C10H22S.C9H20S/c1-10(2)8-6-7-9-11(3,4)5;1-9(2)8-11-7-6-10(3,4)5;1-9(2)6-7-11-8-10(3,4)5;1-9(2)11-8-6-7-10(3,4)5;1-9(2)8-11-7-6-10(3,4)5;1-9(2)11-8-6-7-10(3,4)5;1-8(2)5-6-10-7-9(3)4/h10H,6-9H2,1-5H3;5*9H,6-8H2,1-5H3;8-9H,5-7H2,1-4H3. The molecule has 0 spiro atoms. The highest BCUT2D eigenvalue weighted by atomic mass is 32.2. The third-order valence-corrected chi connectivity index (χ3v) is 14.6. The molecule has 0 aromatic carbocycles. The highest BCUT2D eigenvalue weighted by molar-refractivity contribution is 8.00. The molecule has 0 bridgehead atoms. The van der Waals surface area contributed by atoms with Crippen molar-refractivity contribution < 1.29 is 14.2 Å². The minimum Gasteiger partial charge on any atom is -0.381 e. The van der Waals surface area contributed by atoms with Crippen LogP contribution < -0.4 is 0 Å². The summed E-state index contributed by atoms with van der Waals surface area (Å²) in [5.41, 5.74) is 2.77. The first kappa shape index (κ1) is 90.7. The number of thioether (sulfide) groups is 3. The first-order valence-corrected chi connectivity index (χ1v) is 35.0. The van der Waals surface area contributed by atoms with Gasteiger partial charge in [-0.3, -0.25) is 0 Å². The second-order valence-electron chi connectivity index (χ2n) is 32.4. The Morgan fingerprint density at radius 1 is 0.316 bits per heavy atom. The molecule has 0 saturated heterocycles. The quantitative estimate of drug-likeness (QED) is 0.0693. The van der Waals surface area contributed by atoms with Crippen LogP contribution in [0.4, 0.5) is 0 Å². The Bertz CT molecular complexity index is 888. The van der Waals surface area contributed by atoms with Gasteiger partial charge in [0.05, 0.1) is 12.7 Å². The molecule has 0 unspecified atom stereocenters. The van der Waals surface area contributed by atoms with Crippen LogP contribution in [-0.2, 0) is 14.2 Å². The van der Waals surface area contributed by atoms with Gasteiger partial charge in [-0.15, -0.1) is 0 Å². The van der Waals surface area contributed by atoms with E-state index in [0.29, 0.717) is 44.5 Å². The number of hydrogen-bond donors (Lipinski definition) is 0. The van der Waals surface area contributed by atoms with Crippen molar-refractivity contribution in [2.45, 2.75) is 324 Å². The van der Waals surface area contributed by atoms with Crippen molar-refractivity contribution in [2.24, 2.45) is 68.0 Å². The van der Waals surface area contributed by atoms with E-state index in [9.17, 15) is 0 Å². The molecule has 0 amide bonds. The lowest BCUT2D eigenvalue weighted by molar-refractivity contribution is 0.0646. The van der Waals surface area contributed by atoms with Crippen molar-refractivity contribution >= 4 is 35.3 Å². The number of hydrogen-bond acceptors (Lipinski definition) is 6. The van der Waals surface area contributed by atoms with E-state index < -0.39 is 0 Å². The molecule has 0 atom stereocenters. The van der Waals surface area contributed by atoms with Crippen molar-refractivity contribution in [3.8, 4) is 0 Å². The molecule has 0 radical (unpaired) electrons. The van der Waals surface area contributed by atoms with E-state index in [-0.39, 0.29) is 0 Å². The second-order valence-corrected chi connectivity index (χ2v) is 36.4. The smallest absolute Gasteiger partial charge is 0.0518 e. The summed E-state index contributed by atoms with van der Waals surface area (Å²) in [6.07, 6.45) is 16.2. The molecule has 0 rings (SSSR count). The van der Waals surface area contributed by atoms with Gasteiger partial charge in [0, 0.05) is 26.4 Å². The fourth-order valence-corrected chi connectivity index (χ4v) is 9.23. The van der Waals surface area contributed by atoms with E-state index in [1.807, 2.05) is 0 Å². The lowest BCUT2D eigenvalue weighted by atomic mass is 9.89. The van der Waals surface area contributed by atoms with Crippen LogP contribution in [0.15, 0.2) is 0 Å². The van der Waals surface area contributed by atoms with E-state index in [2.05, 4.69) is 271 Å². The molecule has 0 aromatic heterocycles. The summed E-state index contributed by atoms with van der Waals surface area (Å²) < 4.78 is 16.4. The van der Waals surface area contributed by atoms with Crippen LogP contribution in [0, 0.1) is 68.0 Å². The topological polar surface area (TPSA) is 27.7 Å². The van der Waals surface area contributed by atoms with Crippen LogP contribution >= 0.6 is 35.3 Å². The van der Waals surface area contributed by atoms with E-state index in [1.165, 1.54) is 99.4 Å². The Hall–Kier alpha value is 0.930. The van der Waals surface area contributed by atoms with Crippen LogP contribution in [0.1, 0.15) is 312 Å². The number of ether oxygens (including phenoxy) is 3. The molecule has 3 nitrogen and oxygen atoms in total. The Balaban J connectivity index is -0.000000146. The fourth-order valence-electron chi connectivity index (χ4n) is 5.78. The van der Waals surface area contributed by atoms with Crippen molar-refractivity contribution in [1.29, 1.82) is 0 Å². The highest BCUT2D eigenvalue weighted by Gasteiger charge is 2.13. The Morgan fingerprint density at radius 2 is 0.724 bits per heavy atom. The summed E-state index contributed by atoms with van der Waals surface area (Å²) in [7, 11) is 0. The molecule has 76 heavy (non-hydrogen) atoms. The minimum absolute atomic E-state index is 0.316. The van der Waals surface area contributed by atoms with Gasteiger partial charge in [0.2, 0.25) is 0 Å². The monoisotopic (exact) mass is 1140 g/mol. The largest absolute Gasteiger partial charge is 0.381 e. The number of rotatable bonds is 29. The Labute approximate surface area is 500 Å². The van der Waals surface area contributed by atoms with E-state index in [4.69, 9.17) is 14.2 Å². The second kappa shape index (κ2) is 53.9. The highest BCUT2D eigenvalue weighted by Crippen LogP contribution is 2.25. The van der Waals surface area contributed by atoms with Gasteiger partial charge >= 0.3 is 0 Å². The van der Waals surface area contributed by atoms with Crippen molar-refractivity contribution in [2.75, 3.05) is 61.8 Å². The molecular weight excluding hydrogens is 985 g/mol. The van der Waals surface area contributed by atoms with Gasteiger partial charge in [-0.25, -0.2) is 0 Å². The summed E-state index contributed by atoms with van der Waals surface area (Å²) in [6, 6.07) is 0. The fraction of sp³-hybridized carbons (Fsp3) is 1.00. The molecule has 6 heteroatoms. The Morgan fingerprint density at radius 3 is 1.08 bits per heavy atom. The molecule has 0 aliphatic carbocycles. The van der Waals surface area contributed by atoms with Crippen LogP contribution in [0.25, 0.3) is 0 Å². The van der Waals surface area contributed by atoms with Gasteiger partial charge in [-0.2, -0.15) is 35.3 Å². The normalized spacial score (nSPS) is 12.4. The van der Waals surface area contributed by atoms with Crippen LogP contribution in [0.5, 0.6) is 0 Å². The van der Waals surface area contributed by atoms with Gasteiger partial charge in [-0.05, 0) is 174 Å². The summed E-state index contributed by atoms with van der Waals surface area (Å²) in [6.45, 7) is 81.2. The third kappa shape index (κ3) is 131. The summed E-state index contributed by atoms with van der Waals surface area (Å²) in [4.78, 5) is 0. The molecule has 0 aliphatic heterocycles. The molecule has 0 N–H and O–H groups in total. The molecule has 0 aliphatic rings. The molecule has 0 heterocycles. The van der Waals surface area contributed by atoms with Crippen LogP contribution in [0.2, 0.25) is 0 Å². The van der Waals surface area contributed by atoms with Crippen molar-refractivity contribution in [3.05, 3.63) is 0 Å². The average molecular weight is 1140 g/mol. The molecular formula is C70H154O3S3. The summed E-state index contributed by atoms with van der Waals surface area (Å²) in [5, 5.41) is 0.801. The van der Waals surface area contributed by atoms with E-state index in [0.717, 1.165) is 74.3 Å². The van der Waals surface area contributed by atoms with Gasteiger partial charge in [-0.1, -0.05) is 241 Å². The lowest BCUT2D eigenvalue weighted by Crippen LogP contribution is -2.15. The average Bonchev–Trinajstić information content (AvgIpc) is 3.19. The van der Waals surface area contributed by atoms with Gasteiger partial charge in [0.15, 0.2) is 0 Å². The predicted octanol–water partition coefficient (Wildman–Crippen LogP) is 24.9. The lowest BCUT2D eigenvalue weighted by Gasteiger charge is -2.18. The third-order valence-electron chi connectivity index (χ3n) is 10.6. The van der Waals surface area contributed by atoms with Crippen LogP contribution in [0.3, 0.4) is 0 Å². The maximum Gasteiger partial charge on any atom is 0.0518 e. The van der Waals surface area contributed by atoms with Crippen LogP contribution in [-0.4, -0.2) is 73.2 Å². The zero-order chi connectivity index (χ0) is 61.4.